The molecule has 0 aromatic heterocycles. The number of ether oxygens (including phenoxy) is 3. The standard InChI is InChI=1S/C23H24N2O7/c1-30-23(29)19(11-15-5-3-2-4-6-15)25-21(27)13-32-22(28)14-31-17-8-9-18-16(12-17)7-10-20(26)24-18/h2-6,8-9,12,19H,7,10-11,13-14H2,1H3,(H,24,26)(H,25,27). The lowest BCUT2D eigenvalue weighted by molar-refractivity contribution is -0.151. The smallest absolute Gasteiger partial charge is 0.344 e. The van der Waals surface area contributed by atoms with Gasteiger partial charge >= 0.3 is 11.9 Å². The molecule has 1 atom stereocenters. The number of carbonyl (C=O) groups is 4. The van der Waals surface area contributed by atoms with Gasteiger partial charge in [-0.1, -0.05) is 30.3 Å². The highest BCUT2D eigenvalue weighted by atomic mass is 16.6. The third-order valence-corrected chi connectivity index (χ3v) is 4.80. The van der Waals surface area contributed by atoms with Crippen molar-refractivity contribution in [3.63, 3.8) is 0 Å². The minimum absolute atomic E-state index is 0.0359. The van der Waals surface area contributed by atoms with E-state index in [1.54, 1.807) is 18.2 Å². The lowest BCUT2D eigenvalue weighted by Crippen LogP contribution is -2.44. The monoisotopic (exact) mass is 440 g/mol. The number of nitrogens with one attached hydrogen (secondary N) is 2. The third kappa shape index (κ3) is 6.56. The predicted molar refractivity (Wildman–Crippen MR) is 114 cm³/mol. The average Bonchev–Trinajstić information content (AvgIpc) is 2.81. The summed E-state index contributed by atoms with van der Waals surface area (Å²) in [5, 5.41) is 5.28. The molecule has 2 N–H and O–H groups in total. The highest BCUT2D eigenvalue weighted by Crippen LogP contribution is 2.26. The number of rotatable bonds is 9. The second-order valence-corrected chi connectivity index (χ2v) is 7.15. The van der Waals surface area contributed by atoms with E-state index >= 15 is 0 Å². The molecule has 1 unspecified atom stereocenters. The summed E-state index contributed by atoms with van der Waals surface area (Å²) >= 11 is 0. The van der Waals surface area contributed by atoms with Gasteiger partial charge in [-0.05, 0) is 35.7 Å². The van der Waals surface area contributed by atoms with Crippen LogP contribution in [0.5, 0.6) is 5.75 Å². The number of hydrogen-bond donors (Lipinski definition) is 2. The van der Waals surface area contributed by atoms with E-state index in [2.05, 4.69) is 10.6 Å². The number of hydrogen-bond acceptors (Lipinski definition) is 7. The fourth-order valence-corrected chi connectivity index (χ4v) is 3.20. The topological polar surface area (TPSA) is 120 Å². The average molecular weight is 440 g/mol. The largest absolute Gasteiger partial charge is 0.482 e. The molecule has 0 bridgehead atoms. The van der Waals surface area contributed by atoms with Crippen molar-refractivity contribution in [3.05, 3.63) is 59.7 Å². The molecule has 3 rings (SSSR count). The molecule has 2 aromatic rings. The molecule has 9 nitrogen and oxygen atoms in total. The highest BCUT2D eigenvalue weighted by molar-refractivity contribution is 5.94. The minimum atomic E-state index is -0.902. The van der Waals surface area contributed by atoms with E-state index in [0.29, 0.717) is 18.6 Å². The summed E-state index contributed by atoms with van der Waals surface area (Å²) in [5.74, 6) is -1.54. The van der Waals surface area contributed by atoms with Crippen molar-refractivity contribution < 1.29 is 33.4 Å². The molecule has 32 heavy (non-hydrogen) atoms. The van der Waals surface area contributed by atoms with Crippen LogP contribution in [0.15, 0.2) is 48.5 Å². The molecule has 0 saturated heterocycles. The third-order valence-electron chi connectivity index (χ3n) is 4.80. The number of fused-ring (bicyclic) bond motifs is 1. The van der Waals surface area contributed by atoms with Gasteiger partial charge in [-0.2, -0.15) is 0 Å². The zero-order chi connectivity index (χ0) is 22.9. The predicted octanol–water partition coefficient (Wildman–Crippen LogP) is 1.39. The normalized spacial score (nSPS) is 13.2. The van der Waals surface area contributed by atoms with Crippen LogP contribution in [0.4, 0.5) is 5.69 Å². The number of benzene rings is 2. The first-order valence-corrected chi connectivity index (χ1v) is 10.1. The van der Waals surface area contributed by atoms with Crippen molar-refractivity contribution in [1.29, 1.82) is 0 Å². The first-order chi connectivity index (χ1) is 15.4. The van der Waals surface area contributed by atoms with Crippen molar-refractivity contribution in [2.75, 3.05) is 25.6 Å². The number of anilines is 1. The Bertz CT molecular complexity index is 991. The molecular formula is C23H24N2O7. The Balaban J connectivity index is 1.45. The number of esters is 2. The number of carbonyl (C=O) groups excluding carboxylic acids is 4. The first kappa shape index (κ1) is 22.8. The summed E-state index contributed by atoms with van der Waals surface area (Å²) in [6.07, 6.45) is 1.23. The molecule has 0 radical (unpaired) electrons. The Hall–Kier alpha value is -3.88. The zero-order valence-electron chi connectivity index (χ0n) is 17.6. The van der Waals surface area contributed by atoms with Crippen molar-refractivity contribution >= 4 is 29.4 Å². The first-order valence-electron chi connectivity index (χ1n) is 10.1. The quantitative estimate of drug-likeness (QED) is 0.566. The lowest BCUT2D eigenvalue weighted by atomic mass is 10.0. The van der Waals surface area contributed by atoms with Crippen LogP contribution < -0.4 is 15.4 Å². The molecule has 9 heteroatoms. The van der Waals surface area contributed by atoms with Gasteiger partial charge in [0.2, 0.25) is 5.91 Å². The minimum Gasteiger partial charge on any atom is -0.482 e. The van der Waals surface area contributed by atoms with Gasteiger partial charge < -0.3 is 24.8 Å². The summed E-state index contributed by atoms with van der Waals surface area (Å²) in [4.78, 5) is 47.5. The van der Waals surface area contributed by atoms with Gasteiger partial charge in [0.05, 0.1) is 7.11 Å². The van der Waals surface area contributed by atoms with Gasteiger partial charge in [-0.3, -0.25) is 9.59 Å². The van der Waals surface area contributed by atoms with Crippen LogP contribution in [0, 0.1) is 0 Å². The van der Waals surface area contributed by atoms with Crippen molar-refractivity contribution in [1.82, 2.24) is 5.32 Å². The van der Waals surface area contributed by atoms with Gasteiger partial charge in [-0.15, -0.1) is 0 Å². The number of amides is 2. The molecule has 0 spiro atoms. The molecule has 0 aliphatic carbocycles. The highest BCUT2D eigenvalue weighted by Gasteiger charge is 2.22. The Kier molecular flexibility index (Phi) is 7.80. The van der Waals surface area contributed by atoms with Crippen molar-refractivity contribution in [3.8, 4) is 5.75 Å². The summed E-state index contributed by atoms with van der Waals surface area (Å²) in [7, 11) is 1.23. The van der Waals surface area contributed by atoms with E-state index in [-0.39, 0.29) is 18.9 Å². The maximum absolute atomic E-state index is 12.2. The second kappa shape index (κ2) is 10.9. The van der Waals surface area contributed by atoms with Crippen LogP contribution in [0.2, 0.25) is 0 Å². The fraction of sp³-hybridized carbons (Fsp3) is 0.304. The summed E-state index contributed by atoms with van der Waals surface area (Å²) in [5.41, 5.74) is 2.49. The molecule has 1 heterocycles. The van der Waals surface area contributed by atoms with Crippen LogP contribution in [0.1, 0.15) is 17.5 Å². The van der Waals surface area contributed by atoms with E-state index in [1.165, 1.54) is 7.11 Å². The lowest BCUT2D eigenvalue weighted by Gasteiger charge is -2.18. The van der Waals surface area contributed by atoms with Crippen LogP contribution in [-0.2, 0) is 41.5 Å². The molecular weight excluding hydrogens is 416 g/mol. The molecule has 0 fully saturated rings. The Labute approximate surface area is 185 Å². The molecule has 2 amide bonds. The van der Waals surface area contributed by atoms with Crippen LogP contribution >= 0.6 is 0 Å². The molecule has 2 aromatic carbocycles. The van der Waals surface area contributed by atoms with Crippen LogP contribution in [-0.4, -0.2) is 50.1 Å². The zero-order valence-corrected chi connectivity index (χ0v) is 17.6. The van der Waals surface area contributed by atoms with E-state index in [9.17, 15) is 19.2 Å². The Morgan fingerprint density at radius 2 is 1.84 bits per heavy atom. The van der Waals surface area contributed by atoms with E-state index in [1.807, 2.05) is 30.3 Å². The van der Waals surface area contributed by atoms with Gasteiger partial charge in [0.25, 0.3) is 5.91 Å². The number of aryl methyl sites for hydroxylation is 1. The van der Waals surface area contributed by atoms with Crippen LogP contribution in [0.25, 0.3) is 0 Å². The van der Waals surface area contributed by atoms with Crippen LogP contribution in [0.3, 0.4) is 0 Å². The molecule has 0 saturated carbocycles. The Morgan fingerprint density at radius 3 is 2.59 bits per heavy atom. The summed E-state index contributed by atoms with van der Waals surface area (Å²) in [6.45, 7) is -0.941. The van der Waals surface area contributed by atoms with Gasteiger partial charge in [0, 0.05) is 18.5 Å². The van der Waals surface area contributed by atoms with Crippen molar-refractivity contribution in [2.24, 2.45) is 0 Å². The van der Waals surface area contributed by atoms with Crippen molar-refractivity contribution in [2.45, 2.75) is 25.3 Å². The maximum Gasteiger partial charge on any atom is 0.344 e. The maximum atomic E-state index is 12.2. The second-order valence-electron chi connectivity index (χ2n) is 7.15. The van der Waals surface area contributed by atoms with Gasteiger partial charge in [-0.25, -0.2) is 9.59 Å². The molecule has 1 aliphatic heterocycles. The van der Waals surface area contributed by atoms with Gasteiger partial charge in [0.1, 0.15) is 11.8 Å². The summed E-state index contributed by atoms with van der Waals surface area (Å²) in [6, 6.07) is 13.3. The van der Waals surface area contributed by atoms with Gasteiger partial charge in [0.15, 0.2) is 13.2 Å². The SMILES string of the molecule is COC(=O)C(Cc1ccccc1)NC(=O)COC(=O)COc1ccc2c(c1)CCC(=O)N2. The van der Waals surface area contributed by atoms with E-state index in [4.69, 9.17) is 14.2 Å². The molecule has 168 valence electrons. The van der Waals surface area contributed by atoms with E-state index in [0.717, 1.165) is 16.8 Å². The fourth-order valence-electron chi connectivity index (χ4n) is 3.20. The number of methoxy groups -OCH3 is 1. The Morgan fingerprint density at radius 1 is 1.06 bits per heavy atom. The summed E-state index contributed by atoms with van der Waals surface area (Å²) < 4.78 is 15.1. The van der Waals surface area contributed by atoms with E-state index < -0.39 is 30.5 Å². The molecule has 1 aliphatic rings.